The van der Waals surface area contributed by atoms with E-state index >= 15 is 0 Å². The van der Waals surface area contributed by atoms with Gasteiger partial charge < -0.3 is 0 Å². The maximum absolute atomic E-state index is 10.8. The Balaban J connectivity index is 2.41. The Morgan fingerprint density at radius 1 is 1.00 bits per heavy atom. The quantitative estimate of drug-likeness (QED) is 0.499. The number of benzene rings is 1. The molecule has 0 spiro atoms. The number of carbonyl (C=O) groups is 1. The maximum atomic E-state index is 10.8. The molecule has 0 unspecified atom stereocenters. The Morgan fingerprint density at radius 2 is 1.65 bits per heavy atom. The number of hydrogen-bond donors (Lipinski definition) is 0. The molecule has 0 saturated carbocycles. The van der Waals surface area contributed by atoms with E-state index in [4.69, 9.17) is 0 Å². The second-order valence-electron chi connectivity index (χ2n) is 5.22. The standard InChI is InChI=1S/C19H24O/c1-16(10-8-12-18(3)20)9-7-11-17(2)15-19-13-5-4-6-14-19/h4-6,8-9,11-14H,7,10,15H2,1-3H3/b12-8+,16-9+,17-11-. The van der Waals surface area contributed by atoms with Crippen LogP contribution in [-0.4, -0.2) is 5.78 Å². The van der Waals surface area contributed by atoms with Crippen LogP contribution in [0.15, 0.2) is 65.8 Å². The molecule has 0 aliphatic carbocycles. The second-order valence-corrected chi connectivity index (χ2v) is 5.22. The Labute approximate surface area is 122 Å². The smallest absolute Gasteiger partial charge is 0.152 e. The highest BCUT2D eigenvalue weighted by Gasteiger charge is 1.93. The predicted octanol–water partition coefficient (Wildman–Crippen LogP) is 5.05. The van der Waals surface area contributed by atoms with E-state index in [9.17, 15) is 4.79 Å². The van der Waals surface area contributed by atoms with Crippen LogP contribution in [0.25, 0.3) is 0 Å². The third-order valence-electron chi connectivity index (χ3n) is 3.05. The van der Waals surface area contributed by atoms with Gasteiger partial charge in [-0.1, -0.05) is 59.7 Å². The van der Waals surface area contributed by atoms with Crippen LogP contribution in [0.1, 0.15) is 39.2 Å². The summed E-state index contributed by atoms with van der Waals surface area (Å²) in [5.74, 6) is 0.108. The van der Waals surface area contributed by atoms with E-state index in [0.717, 1.165) is 19.3 Å². The lowest BCUT2D eigenvalue weighted by molar-refractivity contribution is -0.112. The van der Waals surface area contributed by atoms with Gasteiger partial charge in [-0.25, -0.2) is 0 Å². The van der Waals surface area contributed by atoms with E-state index in [-0.39, 0.29) is 5.78 Å². The number of rotatable bonds is 7. The summed E-state index contributed by atoms with van der Waals surface area (Å²) in [6, 6.07) is 10.5. The van der Waals surface area contributed by atoms with E-state index in [0.29, 0.717) is 0 Å². The molecule has 0 fully saturated rings. The Hall–Kier alpha value is -1.89. The molecule has 1 aromatic rings. The zero-order chi connectivity index (χ0) is 14.8. The van der Waals surface area contributed by atoms with Gasteiger partial charge >= 0.3 is 0 Å². The molecule has 0 aliphatic heterocycles. The minimum atomic E-state index is 0.108. The van der Waals surface area contributed by atoms with Gasteiger partial charge in [-0.15, -0.1) is 0 Å². The monoisotopic (exact) mass is 268 g/mol. The predicted molar refractivity (Wildman–Crippen MR) is 86.7 cm³/mol. The van der Waals surface area contributed by atoms with Gasteiger partial charge in [0.1, 0.15) is 0 Å². The molecule has 1 nitrogen and oxygen atoms in total. The molecule has 0 amide bonds. The summed E-state index contributed by atoms with van der Waals surface area (Å²) in [7, 11) is 0. The average molecular weight is 268 g/mol. The van der Waals surface area contributed by atoms with Gasteiger partial charge in [0, 0.05) is 0 Å². The fourth-order valence-corrected chi connectivity index (χ4v) is 1.95. The van der Waals surface area contributed by atoms with Crippen LogP contribution in [0.4, 0.5) is 0 Å². The Morgan fingerprint density at radius 3 is 2.30 bits per heavy atom. The molecular formula is C19H24O. The molecule has 20 heavy (non-hydrogen) atoms. The largest absolute Gasteiger partial charge is 0.295 e. The summed E-state index contributed by atoms with van der Waals surface area (Å²) < 4.78 is 0. The van der Waals surface area contributed by atoms with Crippen LogP contribution in [0.2, 0.25) is 0 Å². The molecule has 0 radical (unpaired) electrons. The lowest BCUT2D eigenvalue weighted by Gasteiger charge is -2.01. The van der Waals surface area contributed by atoms with Crippen molar-refractivity contribution >= 4 is 5.78 Å². The molecule has 106 valence electrons. The highest BCUT2D eigenvalue weighted by atomic mass is 16.1. The average Bonchev–Trinajstić information content (AvgIpc) is 2.39. The molecule has 0 bridgehead atoms. The topological polar surface area (TPSA) is 17.1 Å². The third-order valence-corrected chi connectivity index (χ3v) is 3.05. The van der Waals surface area contributed by atoms with Gasteiger partial charge in [-0.3, -0.25) is 4.79 Å². The minimum Gasteiger partial charge on any atom is -0.295 e. The van der Waals surface area contributed by atoms with Gasteiger partial charge in [-0.05, 0) is 51.7 Å². The van der Waals surface area contributed by atoms with Crippen LogP contribution in [0.3, 0.4) is 0 Å². The van der Waals surface area contributed by atoms with Crippen molar-refractivity contribution in [1.29, 1.82) is 0 Å². The van der Waals surface area contributed by atoms with Crippen LogP contribution in [0.5, 0.6) is 0 Å². The van der Waals surface area contributed by atoms with Gasteiger partial charge in [0.25, 0.3) is 0 Å². The van der Waals surface area contributed by atoms with Gasteiger partial charge in [0.15, 0.2) is 5.78 Å². The first-order valence-electron chi connectivity index (χ1n) is 7.10. The fourth-order valence-electron chi connectivity index (χ4n) is 1.95. The molecule has 0 aromatic heterocycles. The number of ketones is 1. The van der Waals surface area contributed by atoms with Crippen molar-refractivity contribution in [2.24, 2.45) is 0 Å². The first-order chi connectivity index (χ1) is 9.58. The molecule has 1 aromatic carbocycles. The number of hydrogen-bond acceptors (Lipinski definition) is 1. The molecular weight excluding hydrogens is 244 g/mol. The second kappa shape index (κ2) is 9.08. The van der Waals surface area contributed by atoms with Gasteiger partial charge in [0.2, 0.25) is 0 Å². The van der Waals surface area contributed by atoms with E-state index in [1.165, 1.54) is 16.7 Å². The summed E-state index contributed by atoms with van der Waals surface area (Å²) in [5.41, 5.74) is 4.04. The van der Waals surface area contributed by atoms with Crippen molar-refractivity contribution in [1.82, 2.24) is 0 Å². The first-order valence-corrected chi connectivity index (χ1v) is 7.10. The summed E-state index contributed by atoms with van der Waals surface area (Å²) in [4.78, 5) is 10.8. The Bertz CT molecular complexity index is 504. The van der Waals surface area contributed by atoms with Crippen molar-refractivity contribution in [2.45, 2.75) is 40.0 Å². The summed E-state index contributed by atoms with van der Waals surface area (Å²) >= 11 is 0. The van der Waals surface area contributed by atoms with Gasteiger partial charge in [0.05, 0.1) is 0 Å². The van der Waals surface area contributed by atoms with Gasteiger partial charge in [-0.2, -0.15) is 0 Å². The highest BCUT2D eigenvalue weighted by Crippen LogP contribution is 2.09. The van der Waals surface area contributed by atoms with Crippen molar-refractivity contribution in [2.75, 3.05) is 0 Å². The van der Waals surface area contributed by atoms with Crippen LogP contribution >= 0.6 is 0 Å². The highest BCUT2D eigenvalue weighted by molar-refractivity contribution is 5.87. The van der Waals surface area contributed by atoms with E-state index in [1.54, 1.807) is 13.0 Å². The van der Waals surface area contributed by atoms with Crippen molar-refractivity contribution in [3.63, 3.8) is 0 Å². The van der Waals surface area contributed by atoms with Crippen LogP contribution in [-0.2, 0) is 11.2 Å². The zero-order valence-corrected chi connectivity index (χ0v) is 12.7. The molecule has 0 aliphatic rings. The summed E-state index contributed by atoms with van der Waals surface area (Å²) in [6.07, 6.45) is 10.9. The SMILES string of the molecule is CC(=O)/C=C/C/C(C)=C/C/C=C(/C)Cc1ccccc1. The third kappa shape index (κ3) is 7.52. The molecule has 0 heterocycles. The van der Waals surface area contributed by atoms with Crippen molar-refractivity contribution in [3.8, 4) is 0 Å². The Kier molecular flexibility index (Phi) is 7.34. The normalized spacial score (nSPS) is 12.9. The van der Waals surface area contributed by atoms with Crippen LogP contribution < -0.4 is 0 Å². The lowest BCUT2D eigenvalue weighted by atomic mass is 10.0. The van der Waals surface area contributed by atoms with E-state index in [1.807, 2.05) is 12.1 Å². The summed E-state index contributed by atoms with van der Waals surface area (Å²) in [6.45, 7) is 5.85. The summed E-state index contributed by atoms with van der Waals surface area (Å²) in [5, 5.41) is 0. The molecule has 1 rings (SSSR count). The van der Waals surface area contributed by atoms with Crippen molar-refractivity contribution < 1.29 is 4.79 Å². The zero-order valence-electron chi connectivity index (χ0n) is 12.7. The van der Waals surface area contributed by atoms with Crippen molar-refractivity contribution in [3.05, 3.63) is 71.3 Å². The minimum absolute atomic E-state index is 0.108. The molecule has 0 atom stereocenters. The molecule has 0 N–H and O–H groups in total. The number of allylic oxidation sites excluding steroid dienone is 6. The maximum Gasteiger partial charge on any atom is 0.152 e. The van der Waals surface area contributed by atoms with Crippen LogP contribution in [0, 0.1) is 0 Å². The molecule has 1 heteroatoms. The fraction of sp³-hybridized carbons (Fsp3) is 0.316. The first kappa shape index (κ1) is 16.2. The number of carbonyl (C=O) groups excluding carboxylic acids is 1. The lowest BCUT2D eigenvalue weighted by Crippen LogP contribution is -1.86. The van der Waals surface area contributed by atoms with E-state index < -0.39 is 0 Å². The van der Waals surface area contributed by atoms with E-state index in [2.05, 4.69) is 50.3 Å². The molecule has 0 saturated heterocycles.